The third kappa shape index (κ3) is 3.92. The van der Waals surface area contributed by atoms with E-state index < -0.39 is 8.80 Å². The Bertz CT molecular complexity index is 628. The lowest BCUT2D eigenvalue weighted by molar-refractivity contribution is 0.876. The summed E-state index contributed by atoms with van der Waals surface area (Å²) in [6.45, 7) is 0. The molecule has 2 heteroatoms. The molecule has 0 amide bonds. The van der Waals surface area contributed by atoms with Crippen LogP contribution in [-0.2, 0) is 6.42 Å². The number of pyridine rings is 1. The summed E-state index contributed by atoms with van der Waals surface area (Å²) in [5, 5.41) is 3.00. The molecule has 0 aliphatic carbocycles. The van der Waals surface area contributed by atoms with Crippen LogP contribution in [0.25, 0.3) is 0 Å². The summed E-state index contributed by atoms with van der Waals surface area (Å²) in [4.78, 5) is 4.43. The van der Waals surface area contributed by atoms with Crippen LogP contribution in [0.2, 0.25) is 6.04 Å². The zero-order valence-corrected chi connectivity index (χ0v) is 13.7. The largest absolute Gasteiger partial charge is 0.261 e. The molecule has 0 aliphatic rings. The highest BCUT2D eigenvalue weighted by molar-refractivity contribution is 6.85. The predicted octanol–water partition coefficient (Wildman–Crippen LogP) is 3.32. The monoisotopic (exact) mass is 302 g/mol. The van der Waals surface area contributed by atoms with Crippen LogP contribution < -0.4 is 10.4 Å². The molecule has 2 aromatic carbocycles. The molecule has 0 spiro atoms. The van der Waals surface area contributed by atoms with Gasteiger partial charge in [-0.1, -0.05) is 83.1 Å². The maximum atomic E-state index is 4.43. The van der Waals surface area contributed by atoms with Gasteiger partial charge in [0.05, 0.1) is 0 Å². The molecule has 0 saturated carbocycles. The smallest absolute Gasteiger partial charge is 0.121 e. The fraction of sp³-hybridized carbons (Fsp3) is 0.150. The van der Waals surface area contributed by atoms with Crippen molar-refractivity contribution in [2.45, 2.75) is 18.9 Å². The normalized spacial score (nSPS) is 10.8. The van der Waals surface area contributed by atoms with E-state index in [2.05, 4.69) is 77.8 Å². The van der Waals surface area contributed by atoms with E-state index in [9.17, 15) is 0 Å². The topological polar surface area (TPSA) is 12.9 Å². The average Bonchev–Trinajstić information content (AvgIpc) is 2.61. The summed E-state index contributed by atoms with van der Waals surface area (Å²) in [5.41, 5.74) is 1.20. The third-order valence-corrected chi connectivity index (χ3v) is 6.74. The van der Waals surface area contributed by atoms with Crippen molar-refractivity contribution in [3.05, 3.63) is 90.8 Å². The second kappa shape index (κ2) is 7.71. The molecule has 3 rings (SSSR count). The van der Waals surface area contributed by atoms with Crippen molar-refractivity contribution in [3.8, 4) is 0 Å². The second-order valence-electron chi connectivity index (χ2n) is 5.39. The average molecular weight is 302 g/mol. The minimum atomic E-state index is -0.697. The molecule has 0 aliphatic heterocycles. The molecule has 109 valence electrons. The number of rotatable bonds is 6. The van der Waals surface area contributed by atoms with Gasteiger partial charge in [-0.15, -0.1) is 0 Å². The van der Waals surface area contributed by atoms with Gasteiger partial charge in [0.15, 0.2) is 0 Å². The summed E-state index contributed by atoms with van der Waals surface area (Å²) >= 11 is 0. The van der Waals surface area contributed by atoms with Gasteiger partial charge in [-0.3, -0.25) is 4.98 Å². The van der Waals surface area contributed by atoms with Crippen molar-refractivity contribution >= 4 is 19.2 Å². The second-order valence-corrected chi connectivity index (χ2v) is 8.00. The molecule has 1 radical (unpaired) electrons. The van der Waals surface area contributed by atoms with Gasteiger partial charge < -0.3 is 0 Å². The molecule has 0 saturated heterocycles. The minimum Gasteiger partial charge on any atom is -0.261 e. The standard InChI is InChI=1S/C20H20NSi/c1-3-12-19(13-4-1)22(20-14-5-2-6-15-20)17-9-11-18-10-7-8-16-21-18/h1-8,10,12-16H,9,11,17H2. The van der Waals surface area contributed by atoms with Crippen molar-refractivity contribution < 1.29 is 0 Å². The number of hydrogen-bond acceptors (Lipinski definition) is 1. The van der Waals surface area contributed by atoms with E-state index in [1.54, 1.807) is 0 Å². The fourth-order valence-corrected chi connectivity index (χ4v) is 5.36. The van der Waals surface area contributed by atoms with Crippen molar-refractivity contribution in [2.75, 3.05) is 0 Å². The highest BCUT2D eigenvalue weighted by atomic mass is 28.3. The van der Waals surface area contributed by atoms with E-state index in [0.717, 1.165) is 6.42 Å². The van der Waals surface area contributed by atoms with Crippen LogP contribution in [-0.4, -0.2) is 13.8 Å². The number of nitrogens with zero attached hydrogens (tertiary/aromatic N) is 1. The van der Waals surface area contributed by atoms with Crippen LogP contribution in [0, 0.1) is 0 Å². The Labute approximate surface area is 134 Å². The summed E-state index contributed by atoms with van der Waals surface area (Å²) < 4.78 is 0. The molecule has 0 fully saturated rings. The highest BCUT2D eigenvalue weighted by Crippen LogP contribution is 2.06. The van der Waals surface area contributed by atoms with Crippen molar-refractivity contribution in [1.29, 1.82) is 0 Å². The number of hydrogen-bond donors (Lipinski definition) is 0. The lowest BCUT2D eigenvalue weighted by Crippen LogP contribution is -2.41. The van der Waals surface area contributed by atoms with E-state index in [4.69, 9.17) is 0 Å². The van der Waals surface area contributed by atoms with Crippen molar-refractivity contribution in [1.82, 2.24) is 4.98 Å². The third-order valence-electron chi connectivity index (χ3n) is 3.83. The minimum absolute atomic E-state index is 0.697. The Morgan fingerprint density at radius 1 is 0.682 bits per heavy atom. The van der Waals surface area contributed by atoms with E-state index in [1.807, 2.05) is 12.3 Å². The quantitative estimate of drug-likeness (QED) is 0.637. The fourth-order valence-electron chi connectivity index (χ4n) is 2.73. The molecule has 3 aromatic rings. The predicted molar refractivity (Wildman–Crippen MR) is 95.3 cm³/mol. The van der Waals surface area contributed by atoms with Gasteiger partial charge in [-0.05, 0) is 25.0 Å². The Kier molecular flexibility index (Phi) is 5.16. The molecule has 0 N–H and O–H groups in total. The number of benzene rings is 2. The lowest BCUT2D eigenvalue weighted by Gasteiger charge is -2.15. The maximum absolute atomic E-state index is 4.43. The first-order chi connectivity index (χ1) is 10.9. The van der Waals surface area contributed by atoms with Gasteiger partial charge in [0.25, 0.3) is 0 Å². The van der Waals surface area contributed by atoms with Crippen molar-refractivity contribution in [3.63, 3.8) is 0 Å². The van der Waals surface area contributed by atoms with Gasteiger partial charge in [0.2, 0.25) is 0 Å². The Hall–Kier alpha value is -2.19. The first-order valence-electron chi connectivity index (χ1n) is 7.80. The summed E-state index contributed by atoms with van der Waals surface area (Å²) in [6, 6.07) is 29.4. The van der Waals surface area contributed by atoms with E-state index in [1.165, 1.54) is 28.5 Å². The van der Waals surface area contributed by atoms with Gasteiger partial charge in [0.1, 0.15) is 8.80 Å². The SMILES string of the molecule is c1ccc([Si](CCCc2ccccn2)c2ccccc2)cc1. The highest BCUT2D eigenvalue weighted by Gasteiger charge is 2.16. The van der Waals surface area contributed by atoms with Crippen LogP contribution in [0.3, 0.4) is 0 Å². The van der Waals surface area contributed by atoms with E-state index in [0.29, 0.717) is 0 Å². The van der Waals surface area contributed by atoms with E-state index in [-0.39, 0.29) is 0 Å². The molecule has 1 heterocycles. The molecule has 22 heavy (non-hydrogen) atoms. The van der Waals surface area contributed by atoms with Crippen LogP contribution in [0.5, 0.6) is 0 Å². The molecule has 1 aromatic heterocycles. The van der Waals surface area contributed by atoms with Crippen LogP contribution >= 0.6 is 0 Å². The Morgan fingerprint density at radius 3 is 1.82 bits per heavy atom. The first kappa shape index (κ1) is 14.7. The van der Waals surface area contributed by atoms with Gasteiger partial charge in [-0.2, -0.15) is 0 Å². The summed E-state index contributed by atoms with van der Waals surface area (Å²) in [6.07, 6.45) is 4.14. The molecule has 1 nitrogen and oxygen atoms in total. The zero-order chi connectivity index (χ0) is 15.0. The van der Waals surface area contributed by atoms with Crippen LogP contribution in [0.15, 0.2) is 85.1 Å². The Balaban J connectivity index is 1.72. The molecule has 0 unspecified atom stereocenters. The summed E-state index contributed by atoms with van der Waals surface area (Å²) in [7, 11) is -0.697. The van der Waals surface area contributed by atoms with Crippen LogP contribution in [0.1, 0.15) is 12.1 Å². The van der Waals surface area contributed by atoms with E-state index >= 15 is 0 Å². The zero-order valence-electron chi connectivity index (χ0n) is 12.7. The molecule has 0 bridgehead atoms. The number of aryl methyl sites for hydroxylation is 1. The van der Waals surface area contributed by atoms with Gasteiger partial charge in [0, 0.05) is 11.9 Å². The number of aromatic nitrogens is 1. The van der Waals surface area contributed by atoms with Crippen molar-refractivity contribution in [2.24, 2.45) is 0 Å². The molecular formula is C20H20NSi. The lowest BCUT2D eigenvalue weighted by atomic mass is 10.2. The van der Waals surface area contributed by atoms with Crippen LogP contribution in [0.4, 0.5) is 0 Å². The maximum Gasteiger partial charge on any atom is 0.121 e. The first-order valence-corrected chi connectivity index (χ1v) is 9.51. The molecular weight excluding hydrogens is 282 g/mol. The Morgan fingerprint density at radius 2 is 1.27 bits per heavy atom. The molecule has 0 atom stereocenters. The summed E-state index contributed by atoms with van der Waals surface area (Å²) in [5.74, 6) is 0. The van der Waals surface area contributed by atoms with Gasteiger partial charge in [-0.25, -0.2) is 0 Å². The van der Waals surface area contributed by atoms with Gasteiger partial charge >= 0.3 is 0 Å².